The van der Waals surface area contributed by atoms with Crippen LogP contribution in [0.2, 0.25) is 0 Å². The summed E-state index contributed by atoms with van der Waals surface area (Å²) in [7, 11) is 0. The van der Waals surface area contributed by atoms with Crippen LogP contribution in [0.5, 0.6) is 0 Å². The Labute approximate surface area is 63.8 Å². The van der Waals surface area contributed by atoms with E-state index in [1.165, 1.54) is 0 Å². The molecule has 1 fully saturated rings. The number of hydrogen-bond acceptors (Lipinski definition) is 4. The van der Waals surface area contributed by atoms with Gasteiger partial charge < -0.3 is 20.7 Å². The quantitative estimate of drug-likeness (QED) is 0.460. The van der Waals surface area contributed by atoms with Crippen LogP contribution in [-0.4, -0.2) is 41.0 Å². The Morgan fingerprint density at radius 2 is 2.36 bits per heavy atom. The molecule has 4 N–H and O–H groups in total. The molecular weight excluding hydrogens is 150 g/mol. The fourth-order valence-corrected chi connectivity index (χ4v) is 1.10. The number of nitrogens with two attached hydrogens (primary N) is 1. The van der Waals surface area contributed by atoms with Gasteiger partial charge in [0.25, 0.3) is 0 Å². The van der Waals surface area contributed by atoms with Crippen molar-refractivity contribution in [2.24, 2.45) is 5.73 Å². The number of carbonyl (C=O) groups is 1. The first-order valence-corrected chi connectivity index (χ1v) is 3.41. The van der Waals surface area contributed by atoms with Crippen LogP contribution in [0.25, 0.3) is 0 Å². The zero-order valence-electron chi connectivity index (χ0n) is 5.93. The van der Waals surface area contributed by atoms with Gasteiger partial charge in [0.05, 0.1) is 12.2 Å². The first-order valence-electron chi connectivity index (χ1n) is 3.41. The number of carboxylic acids is 1. The lowest BCUT2D eigenvalue weighted by Crippen LogP contribution is -2.30. The fourth-order valence-electron chi connectivity index (χ4n) is 1.10. The average molecular weight is 161 g/mol. The molecule has 0 radical (unpaired) electrons. The Morgan fingerprint density at radius 1 is 1.73 bits per heavy atom. The summed E-state index contributed by atoms with van der Waals surface area (Å²) in [4.78, 5) is 10.3. The first-order chi connectivity index (χ1) is 5.15. The van der Waals surface area contributed by atoms with Gasteiger partial charge in [0.1, 0.15) is 0 Å². The summed E-state index contributed by atoms with van der Waals surface area (Å²) in [6, 6.07) is 0. The topological polar surface area (TPSA) is 92.8 Å². The molecule has 0 amide bonds. The van der Waals surface area contributed by atoms with Gasteiger partial charge in [0, 0.05) is 13.0 Å². The van der Waals surface area contributed by atoms with E-state index in [1.807, 2.05) is 0 Å². The molecule has 0 aromatic carbocycles. The molecule has 1 rings (SSSR count). The Morgan fingerprint density at radius 3 is 2.64 bits per heavy atom. The van der Waals surface area contributed by atoms with Crippen LogP contribution in [0.3, 0.4) is 0 Å². The molecular formula is C6H11NO4. The summed E-state index contributed by atoms with van der Waals surface area (Å²) in [5.41, 5.74) is 5.21. The minimum absolute atomic E-state index is 0.136. The van der Waals surface area contributed by atoms with Crippen LogP contribution in [0.1, 0.15) is 6.42 Å². The van der Waals surface area contributed by atoms with Gasteiger partial charge in [-0.25, -0.2) is 4.79 Å². The lowest BCUT2D eigenvalue weighted by Gasteiger charge is -2.09. The van der Waals surface area contributed by atoms with Gasteiger partial charge in [0.2, 0.25) is 0 Å². The molecule has 5 nitrogen and oxygen atoms in total. The highest BCUT2D eigenvalue weighted by Crippen LogP contribution is 2.19. The lowest BCUT2D eigenvalue weighted by molar-refractivity contribution is -0.149. The van der Waals surface area contributed by atoms with Crippen molar-refractivity contribution >= 4 is 5.97 Å². The molecule has 0 aromatic rings. The van der Waals surface area contributed by atoms with Gasteiger partial charge in [-0.15, -0.1) is 0 Å². The van der Waals surface area contributed by atoms with Crippen LogP contribution >= 0.6 is 0 Å². The van der Waals surface area contributed by atoms with Gasteiger partial charge in [-0.2, -0.15) is 0 Å². The van der Waals surface area contributed by atoms with Gasteiger partial charge >= 0.3 is 5.97 Å². The van der Waals surface area contributed by atoms with Crippen LogP contribution < -0.4 is 5.73 Å². The number of aliphatic hydroxyl groups excluding tert-OH is 1. The fraction of sp³-hybridized carbons (Fsp3) is 0.833. The van der Waals surface area contributed by atoms with E-state index in [4.69, 9.17) is 20.7 Å². The van der Waals surface area contributed by atoms with Crippen molar-refractivity contribution in [3.63, 3.8) is 0 Å². The molecule has 1 saturated heterocycles. The summed E-state index contributed by atoms with van der Waals surface area (Å²) in [5.74, 6) is -1.04. The Hall–Kier alpha value is -0.650. The van der Waals surface area contributed by atoms with E-state index in [2.05, 4.69) is 0 Å². The highest BCUT2D eigenvalue weighted by atomic mass is 16.5. The van der Waals surface area contributed by atoms with E-state index in [1.54, 1.807) is 0 Å². The minimum Gasteiger partial charge on any atom is -0.479 e. The van der Waals surface area contributed by atoms with E-state index < -0.39 is 24.3 Å². The van der Waals surface area contributed by atoms with Crippen molar-refractivity contribution < 1.29 is 19.7 Å². The third-order valence-corrected chi connectivity index (χ3v) is 1.73. The van der Waals surface area contributed by atoms with Crippen molar-refractivity contribution in [1.82, 2.24) is 0 Å². The normalized spacial score (nSPS) is 37.5. The first kappa shape index (κ1) is 8.45. The molecule has 64 valence electrons. The van der Waals surface area contributed by atoms with E-state index in [-0.39, 0.29) is 13.0 Å². The predicted octanol–water partition coefficient (Wildman–Crippen LogP) is -1.45. The summed E-state index contributed by atoms with van der Waals surface area (Å²) in [6.07, 6.45) is -2.01. The maximum Gasteiger partial charge on any atom is 0.332 e. The average Bonchev–Trinajstić information content (AvgIpc) is 2.31. The molecule has 3 unspecified atom stereocenters. The van der Waals surface area contributed by atoms with Crippen molar-refractivity contribution in [2.45, 2.75) is 24.7 Å². The smallest absolute Gasteiger partial charge is 0.332 e. The molecule has 0 saturated carbocycles. The van der Waals surface area contributed by atoms with Crippen molar-refractivity contribution in [3.8, 4) is 0 Å². The van der Waals surface area contributed by atoms with Gasteiger partial charge in [-0.05, 0) is 0 Å². The number of ether oxygens (including phenoxy) is 1. The van der Waals surface area contributed by atoms with E-state index in [9.17, 15) is 4.79 Å². The Kier molecular flexibility index (Phi) is 2.43. The maximum atomic E-state index is 10.3. The summed E-state index contributed by atoms with van der Waals surface area (Å²) < 4.78 is 4.91. The predicted molar refractivity (Wildman–Crippen MR) is 36.0 cm³/mol. The van der Waals surface area contributed by atoms with E-state index in [0.717, 1.165) is 0 Å². The number of hydrogen-bond donors (Lipinski definition) is 3. The van der Waals surface area contributed by atoms with E-state index >= 15 is 0 Å². The molecule has 0 aromatic heterocycles. The van der Waals surface area contributed by atoms with Gasteiger partial charge in [0.15, 0.2) is 6.10 Å². The molecule has 3 atom stereocenters. The largest absolute Gasteiger partial charge is 0.479 e. The highest BCUT2D eigenvalue weighted by molar-refractivity contribution is 5.72. The zero-order valence-corrected chi connectivity index (χ0v) is 5.93. The van der Waals surface area contributed by atoms with Gasteiger partial charge in [-0.3, -0.25) is 0 Å². The molecule has 0 aliphatic carbocycles. The number of aliphatic hydroxyl groups is 1. The van der Waals surface area contributed by atoms with Crippen molar-refractivity contribution in [2.75, 3.05) is 6.54 Å². The number of rotatable bonds is 2. The van der Waals surface area contributed by atoms with Crippen LogP contribution in [0.4, 0.5) is 0 Å². The monoisotopic (exact) mass is 161 g/mol. The number of aliphatic carboxylic acids is 1. The zero-order chi connectivity index (χ0) is 8.43. The summed E-state index contributed by atoms with van der Waals surface area (Å²) >= 11 is 0. The van der Waals surface area contributed by atoms with Crippen LogP contribution in [0.15, 0.2) is 0 Å². The molecule has 11 heavy (non-hydrogen) atoms. The van der Waals surface area contributed by atoms with Crippen LogP contribution in [0, 0.1) is 0 Å². The second kappa shape index (κ2) is 3.17. The van der Waals surface area contributed by atoms with E-state index in [0.29, 0.717) is 0 Å². The minimum atomic E-state index is -1.04. The molecule has 1 aliphatic rings. The molecule has 5 heteroatoms. The third-order valence-electron chi connectivity index (χ3n) is 1.73. The molecule has 1 aliphatic heterocycles. The lowest BCUT2D eigenvalue weighted by atomic mass is 10.1. The highest BCUT2D eigenvalue weighted by Gasteiger charge is 2.36. The number of carboxylic acid groups (broad SMARTS) is 1. The maximum absolute atomic E-state index is 10.3. The third kappa shape index (κ3) is 1.68. The van der Waals surface area contributed by atoms with Crippen molar-refractivity contribution in [3.05, 3.63) is 0 Å². The molecule has 1 heterocycles. The van der Waals surface area contributed by atoms with Crippen molar-refractivity contribution in [1.29, 1.82) is 0 Å². The second-order valence-electron chi connectivity index (χ2n) is 2.54. The molecule has 0 bridgehead atoms. The van der Waals surface area contributed by atoms with Gasteiger partial charge in [-0.1, -0.05) is 0 Å². The second-order valence-corrected chi connectivity index (χ2v) is 2.54. The Bertz CT molecular complexity index is 161. The summed E-state index contributed by atoms with van der Waals surface area (Å²) in [5, 5.41) is 17.6. The standard InChI is InChI=1S/C6H11NO4/c7-2-5-3(8)1-4(11-5)6(9)10/h3-5,8H,1-2,7H2,(H,9,10). The van der Waals surface area contributed by atoms with Crippen LogP contribution in [-0.2, 0) is 9.53 Å². The SMILES string of the molecule is NCC1OC(C(=O)O)CC1O. The Balaban J connectivity index is 2.49. The summed E-state index contributed by atoms with van der Waals surface area (Å²) in [6.45, 7) is 0.158. The molecule has 0 spiro atoms.